The summed E-state index contributed by atoms with van der Waals surface area (Å²) < 4.78 is 1.87. The molecule has 0 amide bonds. The van der Waals surface area contributed by atoms with E-state index < -0.39 is 0 Å². The van der Waals surface area contributed by atoms with Crippen molar-refractivity contribution in [1.82, 2.24) is 24.9 Å². The third kappa shape index (κ3) is 3.04. The van der Waals surface area contributed by atoms with Crippen LogP contribution in [0.15, 0.2) is 24.7 Å². The minimum Gasteiger partial charge on any atom is -0.302 e. The summed E-state index contributed by atoms with van der Waals surface area (Å²) in [5.41, 5.74) is 2.61. The van der Waals surface area contributed by atoms with Crippen LogP contribution < -0.4 is 0 Å². The fraction of sp³-hybridized carbons (Fsp3) is 0.571. The average Bonchev–Trinajstić information content (AvgIpc) is 3.08. The van der Waals surface area contributed by atoms with Crippen LogP contribution in [0.4, 0.5) is 0 Å². The molecule has 3 heterocycles. The van der Waals surface area contributed by atoms with Gasteiger partial charge in [-0.15, -0.1) is 0 Å². The molecular weight excluding hydrogens is 238 g/mol. The molecule has 5 nitrogen and oxygen atoms in total. The standard InChI is InChI=1S/C14H21N5/c1-18-10-12(9-16-18)5-8-19-7-2-3-13(11-19)14-4-6-15-17-14/h4,6,9-10,13H,2-3,5,7-8,11H2,1H3,(H,15,17)/t13-/m1/s1. The summed E-state index contributed by atoms with van der Waals surface area (Å²) in [5.74, 6) is 0.616. The topological polar surface area (TPSA) is 49.7 Å². The van der Waals surface area contributed by atoms with E-state index in [1.807, 2.05) is 24.1 Å². The molecular formula is C14H21N5. The largest absolute Gasteiger partial charge is 0.302 e. The molecule has 1 aliphatic heterocycles. The van der Waals surface area contributed by atoms with Gasteiger partial charge in [0.25, 0.3) is 0 Å². The molecule has 1 N–H and O–H groups in total. The lowest BCUT2D eigenvalue weighted by atomic mass is 9.95. The van der Waals surface area contributed by atoms with E-state index >= 15 is 0 Å². The van der Waals surface area contributed by atoms with Gasteiger partial charge in [0.15, 0.2) is 0 Å². The zero-order valence-corrected chi connectivity index (χ0v) is 11.4. The summed E-state index contributed by atoms with van der Waals surface area (Å²) in [4.78, 5) is 2.56. The molecule has 0 unspecified atom stereocenters. The smallest absolute Gasteiger partial charge is 0.0522 e. The Kier molecular flexibility index (Phi) is 3.64. The van der Waals surface area contributed by atoms with E-state index in [9.17, 15) is 0 Å². The summed E-state index contributed by atoms with van der Waals surface area (Å²) in [6.07, 6.45) is 9.56. The number of nitrogens with zero attached hydrogens (tertiary/aromatic N) is 4. The zero-order chi connectivity index (χ0) is 13.1. The van der Waals surface area contributed by atoms with Crippen molar-refractivity contribution >= 4 is 0 Å². The van der Waals surface area contributed by atoms with Crippen LogP contribution in [-0.4, -0.2) is 44.5 Å². The normalized spacial score (nSPS) is 20.8. The Morgan fingerprint density at radius 2 is 2.42 bits per heavy atom. The quantitative estimate of drug-likeness (QED) is 0.906. The van der Waals surface area contributed by atoms with Crippen LogP contribution in [0, 0.1) is 0 Å². The first-order valence-corrected chi connectivity index (χ1v) is 7.00. The van der Waals surface area contributed by atoms with Gasteiger partial charge in [-0.25, -0.2) is 0 Å². The van der Waals surface area contributed by atoms with E-state index in [0.29, 0.717) is 5.92 Å². The van der Waals surface area contributed by atoms with Gasteiger partial charge in [0.1, 0.15) is 0 Å². The van der Waals surface area contributed by atoms with Crippen molar-refractivity contribution in [1.29, 1.82) is 0 Å². The fourth-order valence-corrected chi connectivity index (χ4v) is 2.89. The highest BCUT2D eigenvalue weighted by Crippen LogP contribution is 2.25. The van der Waals surface area contributed by atoms with Crippen molar-refractivity contribution in [3.05, 3.63) is 35.9 Å². The number of piperidine rings is 1. The molecule has 0 aromatic carbocycles. The summed E-state index contributed by atoms with van der Waals surface area (Å²) in [6, 6.07) is 2.11. The number of hydrogen-bond donors (Lipinski definition) is 1. The van der Waals surface area contributed by atoms with Gasteiger partial charge < -0.3 is 4.90 Å². The van der Waals surface area contributed by atoms with Crippen molar-refractivity contribution < 1.29 is 0 Å². The molecule has 1 aliphatic rings. The van der Waals surface area contributed by atoms with Crippen LogP contribution in [0.1, 0.15) is 30.0 Å². The molecule has 1 saturated heterocycles. The zero-order valence-electron chi connectivity index (χ0n) is 11.4. The lowest BCUT2D eigenvalue weighted by molar-refractivity contribution is 0.208. The number of hydrogen-bond acceptors (Lipinski definition) is 3. The Labute approximate surface area is 113 Å². The maximum absolute atomic E-state index is 4.22. The highest BCUT2D eigenvalue weighted by atomic mass is 15.2. The molecule has 0 saturated carbocycles. The van der Waals surface area contributed by atoms with Gasteiger partial charge in [-0.05, 0) is 37.4 Å². The SMILES string of the molecule is Cn1cc(CCN2CCC[C@@H](c3ccn[nH]3)C2)cn1. The first kappa shape index (κ1) is 12.4. The Hall–Kier alpha value is -1.62. The second kappa shape index (κ2) is 5.57. The summed E-state index contributed by atoms with van der Waals surface area (Å²) in [5, 5.41) is 11.4. The summed E-state index contributed by atoms with van der Waals surface area (Å²) in [7, 11) is 1.97. The molecule has 2 aromatic heterocycles. The van der Waals surface area contributed by atoms with Crippen molar-refractivity contribution in [3.63, 3.8) is 0 Å². The first-order valence-electron chi connectivity index (χ1n) is 7.00. The lowest BCUT2D eigenvalue weighted by Crippen LogP contribution is -2.35. The van der Waals surface area contributed by atoms with Crippen LogP contribution in [0.3, 0.4) is 0 Å². The average molecular weight is 259 g/mol. The Morgan fingerprint density at radius 1 is 1.47 bits per heavy atom. The molecule has 3 rings (SSSR count). The monoisotopic (exact) mass is 259 g/mol. The van der Waals surface area contributed by atoms with Crippen LogP contribution in [0.25, 0.3) is 0 Å². The third-order valence-corrected chi connectivity index (χ3v) is 3.94. The molecule has 0 bridgehead atoms. The van der Waals surface area contributed by atoms with E-state index in [2.05, 4.69) is 32.5 Å². The number of H-pyrrole nitrogens is 1. The number of likely N-dealkylation sites (tertiary alicyclic amines) is 1. The third-order valence-electron chi connectivity index (χ3n) is 3.94. The summed E-state index contributed by atoms with van der Waals surface area (Å²) in [6.45, 7) is 3.48. The minimum absolute atomic E-state index is 0.616. The van der Waals surface area contributed by atoms with Crippen LogP contribution in [0.2, 0.25) is 0 Å². The second-order valence-electron chi connectivity index (χ2n) is 5.42. The molecule has 2 aromatic rings. The minimum atomic E-state index is 0.616. The van der Waals surface area contributed by atoms with Crippen LogP contribution >= 0.6 is 0 Å². The van der Waals surface area contributed by atoms with Gasteiger partial charge in [0, 0.05) is 44.1 Å². The van der Waals surface area contributed by atoms with Crippen LogP contribution in [0.5, 0.6) is 0 Å². The predicted molar refractivity (Wildman–Crippen MR) is 73.9 cm³/mol. The van der Waals surface area contributed by atoms with Gasteiger partial charge in [-0.3, -0.25) is 9.78 Å². The van der Waals surface area contributed by atoms with Gasteiger partial charge in [-0.1, -0.05) is 0 Å². The summed E-state index contributed by atoms with van der Waals surface area (Å²) >= 11 is 0. The highest BCUT2D eigenvalue weighted by molar-refractivity contribution is 5.08. The number of aromatic amines is 1. The van der Waals surface area contributed by atoms with Gasteiger partial charge in [0.2, 0.25) is 0 Å². The van der Waals surface area contributed by atoms with E-state index in [0.717, 1.165) is 19.5 Å². The Balaban J connectivity index is 1.54. The molecule has 1 atom stereocenters. The first-order chi connectivity index (χ1) is 9.31. The van der Waals surface area contributed by atoms with Crippen molar-refractivity contribution in [2.75, 3.05) is 19.6 Å². The Morgan fingerprint density at radius 3 is 3.16 bits per heavy atom. The van der Waals surface area contributed by atoms with E-state index in [4.69, 9.17) is 0 Å². The number of aromatic nitrogens is 4. The molecule has 102 valence electrons. The molecule has 0 aliphatic carbocycles. The van der Waals surface area contributed by atoms with E-state index in [-0.39, 0.29) is 0 Å². The van der Waals surface area contributed by atoms with Crippen molar-refractivity contribution in [2.24, 2.45) is 7.05 Å². The molecule has 19 heavy (non-hydrogen) atoms. The number of rotatable bonds is 4. The van der Waals surface area contributed by atoms with Crippen molar-refractivity contribution in [2.45, 2.75) is 25.2 Å². The molecule has 5 heteroatoms. The van der Waals surface area contributed by atoms with E-state index in [1.54, 1.807) is 0 Å². The highest BCUT2D eigenvalue weighted by Gasteiger charge is 2.21. The van der Waals surface area contributed by atoms with Gasteiger partial charge in [0.05, 0.1) is 6.20 Å². The number of aryl methyl sites for hydroxylation is 1. The predicted octanol–water partition coefficient (Wildman–Crippen LogP) is 1.57. The molecule has 0 spiro atoms. The van der Waals surface area contributed by atoms with Crippen molar-refractivity contribution in [3.8, 4) is 0 Å². The number of nitrogens with one attached hydrogen (secondary N) is 1. The Bertz CT molecular complexity index is 502. The fourth-order valence-electron chi connectivity index (χ4n) is 2.89. The van der Waals surface area contributed by atoms with E-state index in [1.165, 1.54) is 30.6 Å². The van der Waals surface area contributed by atoms with Crippen LogP contribution in [-0.2, 0) is 13.5 Å². The van der Waals surface area contributed by atoms with Gasteiger partial charge >= 0.3 is 0 Å². The maximum Gasteiger partial charge on any atom is 0.0522 e. The lowest BCUT2D eigenvalue weighted by Gasteiger charge is -2.32. The molecule has 1 fully saturated rings. The molecule has 0 radical (unpaired) electrons. The second-order valence-corrected chi connectivity index (χ2v) is 5.42. The van der Waals surface area contributed by atoms with Gasteiger partial charge in [-0.2, -0.15) is 10.2 Å². The maximum atomic E-state index is 4.22.